The fourth-order valence-corrected chi connectivity index (χ4v) is 1.64. The summed E-state index contributed by atoms with van der Waals surface area (Å²) in [7, 11) is 0. The molecular weight excluding hydrogens is 233 g/mol. The fourth-order valence-electron chi connectivity index (χ4n) is 1.64. The van der Waals surface area contributed by atoms with Crippen LogP contribution in [0.3, 0.4) is 0 Å². The summed E-state index contributed by atoms with van der Waals surface area (Å²) >= 11 is 0. The normalized spacial score (nSPS) is 12.4. The molecule has 0 fully saturated rings. The standard InChI is InChI=1S/C12H13F3O2/c1-4-17-12(16)7(3)9-6(2)5-8(13)10(14)11(9)15/h5,7H,4H2,1-3H3. The Morgan fingerprint density at radius 2 is 1.94 bits per heavy atom. The van der Waals surface area contributed by atoms with Gasteiger partial charge in [-0.15, -0.1) is 0 Å². The van der Waals surface area contributed by atoms with Crippen LogP contribution in [0.5, 0.6) is 0 Å². The van der Waals surface area contributed by atoms with Gasteiger partial charge in [0.2, 0.25) is 0 Å². The van der Waals surface area contributed by atoms with E-state index < -0.39 is 29.3 Å². The summed E-state index contributed by atoms with van der Waals surface area (Å²) in [5, 5.41) is 0. The van der Waals surface area contributed by atoms with E-state index in [1.807, 2.05) is 0 Å². The maximum absolute atomic E-state index is 13.6. The Bertz CT molecular complexity index is 444. The van der Waals surface area contributed by atoms with Crippen molar-refractivity contribution in [2.45, 2.75) is 26.7 Å². The van der Waals surface area contributed by atoms with Crippen LogP contribution in [0.2, 0.25) is 0 Å². The highest BCUT2D eigenvalue weighted by atomic mass is 19.2. The Morgan fingerprint density at radius 1 is 1.35 bits per heavy atom. The number of esters is 1. The lowest BCUT2D eigenvalue weighted by molar-refractivity contribution is -0.144. The van der Waals surface area contributed by atoms with Gasteiger partial charge in [-0.05, 0) is 32.4 Å². The Morgan fingerprint density at radius 3 is 2.47 bits per heavy atom. The summed E-state index contributed by atoms with van der Waals surface area (Å²) in [5.74, 6) is -5.80. The molecule has 0 N–H and O–H groups in total. The highest BCUT2D eigenvalue weighted by molar-refractivity contribution is 5.78. The van der Waals surface area contributed by atoms with Crippen molar-refractivity contribution in [3.05, 3.63) is 34.6 Å². The SMILES string of the molecule is CCOC(=O)C(C)c1c(C)cc(F)c(F)c1F. The van der Waals surface area contributed by atoms with Crippen LogP contribution in [0.1, 0.15) is 30.9 Å². The second-order valence-electron chi connectivity index (χ2n) is 3.69. The molecule has 0 amide bonds. The number of benzene rings is 1. The minimum Gasteiger partial charge on any atom is -0.466 e. The summed E-state index contributed by atoms with van der Waals surface area (Å²) in [6, 6.07) is 0.865. The van der Waals surface area contributed by atoms with E-state index in [-0.39, 0.29) is 17.7 Å². The van der Waals surface area contributed by atoms with Crippen LogP contribution in [0.25, 0.3) is 0 Å². The molecule has 0 aliphatic carbocycles. The summed E-state index contributed by atoms with van der Waals surface area (Å²) in [5.41, 5.74) is 0.0179. The number of rotatable bonds is 3. The number of hydrogen-bond donors (Lipinski definition) is 0. The molecule has 0 saturated heterocycles. The van der Waals surface area contributed by atoms with E-state index in [9.17, 15) is 18.0 Å². The highest BCUT2D eigenvalue weighted by Crippen LogP contribution is 2.27. The average molecular weight is 246 g/mol. The molecule has 1 aromatic carbocycles. The summed E-state index contributed by atoms with van der Waals surface area (Å²) < 4.78 is 44.2. The van der Waals surface area contributed by atoms with Crippen LogP contribution < -0.4 is 0 Å². The number of halogens is 3. The van der Waals surface area contributed by atoms with Crippen LogP contribution >= 0.6 is 0 Å². The zero-order valence-corrected chi connectivity index (χ0v) is 9.81. The van der Waals surface area contributed by atoms with Gasteiger partial charge in [0.25, 0.3) is 0 Å². The number of ether oxygens (including phenoxy) is 1. The molecule has 0 saturated carbocycles. The Labute approximate surface area is 97.4 Å². The molecular formula is C12H13F3O2. The highest BCUT2D eigenvalue weighted by Gasteiger charge is 2.26. The molecule has 0 aromatic heterocycles. The predicted molar refractivity (Wildman–Crippen MR) is 56.1 cm³/mol. The largest absolute Gasteiger partial charge is 0.466 e. The van der Waals surface area contributed by atoms with Crippen molar-refractivity contribution in [2.24, 2.45) is 0 Å². The van der Waals surface area contributed by atoms with E-state index >= 15 is 0 Å². The number of carbonyl (C=O) groups excluding carboxylic acids is 1. The monoisotopic (exact) mass is 246 g/mol. The number of aryl methyl sites for hydroxylation is 1. The van der Waals surface area contributed by atoms with Crippen molar-refractivity contribution >= 4 is 5.97 Å². The van der Waals surface area contributed by atoms with Gasteiger partial charge in [-0.2, -0.15) is 0 Å². The Hall–Kier alpha value is -1.52. The van der Waals surface area contributed by atoms with Crippen molar-refractivity contribution in [3.63, 3.8) is 0 Å². The third kappa shape index (κ3) is 2.60. The van der Waals surface area contributed by atoms with Gasteiger partial charge in [0.05, 0.1) is 12.5 Å². The molecule has 0 heterocycles. The lowest BCUT2D eigenvalue weighted by Gasteiger charge is -2.15. The number of hydrogen-bond acceptors (Lipinski definition) is 2. The lowest BCUT2D eigenvalue weighted by Crippen LogP contribution is -2.16. The topological polar surface area (TPSA) is 26.3 Å². The molecule has 0 bridgehead atoms. The first-order chi connectivity index (χ1) is 7.90. The molecule has 0 aliphatic rings. The van der Waals surface area contributed by atoms with Gasteiger partial charge < -0.3 is 4.74 Å². The molecule has 17 heavy (non-hydrogen) atoms. The van der Waals surface area contributed by atoms with Crippen molar-refractivity contribution in [1.82, 2.24) is 0 Å². The molecule has 1 aromatic rings. The lowest BCUT2D eigenvalue weighted by atomic mass is 9.95. The van der Waals surface area contributed by atoms with E-state index in [2.05, 4.69) is 0 Å². The van der Waals surface area contributed by atoms with Crippen molar-refractivity contribution in [1.29, 1.82) is 0 Å². The molecule has 0 spiro atoms. The van der Waals surface area contributed by atoms with Crippen LogP contribution in [0.4, 0.5) is 13.2 Å². The van der Waals surface area contributed by atoms with E-state index in [1.165, 1.54) is 13.8 Å². The first-order valence-corrected chi connectivity index (χ1v) is 5.20. The van der Waals surface area contributed by atoms with Crippen molar-refractivity contribution in [3.8, 4) is 0 Å². The molecule has 0 radical (unpaired) electrons. The van der Waals surface area contributed by atoms with Gasteiger partial charge >= 0.3 is 5.97 Å². The minimum atomic E-state index is -1.57. The van der Waals surface area contributed by atoms with E-state index in [0.717, 1.165) is 6.07 Å². The van der Waals surface area contributed by atoms with Crippen LogP contribution in [-0.2, 0) is 9.53 Å². The minimum absolute atomic E-state index is 0.146. The fraction of sp³-hybridized carbons (Fsp3) is 0.417. The van der Waals surface area contributed by atoms with Gasteiger partial charge in [-0.1, -0.05) is 0 Å². The predicted octanol–water partition coefficient (Wildman–Crippen LogP) is 3.08. The van der Waals surface area contributed by atoms with Crippen molar-refractivity contribution in [2.75, 3.05) is 6.61 Å². The van der Waals surface area contributed by atoms with Gasteiger partial charge in [-0.3, -0.25) is 4.79 Å². The molecule has 0 aliphatic heterocycles. The van der Waals surface area contributed by atoms with Crippen LogP contribution in [-0.4, -0.2) is 12.6 Å². The number of carbonyl (C=O) groups is 1. The van der Waals surface area contributed by atoms with Gasteiger partial charge in [0.1, 0.15) is 0 Å². The smallest absolute Gasteiger partial charge is 0.313 e. The summed E-state index contributed by atoms with van der Waals surface area (Å²) in [6.45, 7) is 4.56. The molecule has 5 heteroatoms. The first-order valence-electron chi connectivity index (χ1n) is 5.20. The second-order valence-corrected chi connectivity index (χ2v) is 3.69. The third-order valence-electron chi connectivity index (χ3n) is 2.48. The van der Waals surface area contributed by atoms with Crippen LogP contribution in [0, 0.1) is 24.4 Å². The average Bonchev–Trinajstić information content (AvgIpc) is 2.26. The zero-order valence-electron chi connectivity index (χ0n) is 9.81. The van der Waals surface area contributed by atoms with Gasteiger partial charge in [0.15, 0.2) is 17.5 Å². The molecule has 94 valence electrons. The quantitative estimate of drug-likeness (QED) is 0.605. The second kappa shape index (κ2) is 5.21. The van der Waals surface area contributed by atoms with Gasteiger partial charge in [-0.25, -0.2) is 13.2 Å². The van der Waals surface area contributed by atoms with E-state index in [4.69, 9.17) is 4.74 Å². The Kier molecular flexibility index (Phi) is 4.15. The van der Waals surface area contributed by atoms with E-state index in [0.29, 0.717) is 0 Å². The maximum Gasteiger partial charge on any atom is 0.313 e. The van der Waals surface area contributed by atoms with Crippen LogP contribution in [0.15, 0.2) is 6.07 Å². The third-order valence-corrected chi connectivity index (χ3v) is 2.48. The molecule has 1 rings (SSSR count). The summed E-state index contributed by atoms with van der Waals surface area (Å²) in [4.78, 5) is 11.4. The van der Waals surface area contributed by atoms with Crippen molar-refractivity contribution < 1.29 is 22.7 Å². The summed E-state index contributed by atoms with van der Waals surface area (Å²) in [6.07, 6.45) is 0. The molecule has 1 unspecified atom stereocenters. The first kappa shape index (κ1) is 13.5. The van der Waals surface area contributed by atoms with E-state index in [1.54, 1.807) is 6.92 Å². The molecule has 1 atom stereocenters. The maximum atomic E-state index is 13.6. The Balaban J connectivity index is 3.22. The zero-order chi connectivity index (χ0) is 13.2. The molecule has 2 nitrogen and oxygen atoms in total. The van der Waals surface area contributed by atoms with Gasteiger partial charge in [0, 0.05) is 5.56 Å².